The lowest BCUT2D eigenvalue weighted by Crippen LogP contribution is -2.16. The van der Waals surface area contributed by atoms with Gasteiger partial charge in [-0.25, -0.2) is 0 Å². The highest BCUT2D eigenvalue weighted by molar-refractivity contribution is 6.35. The topological polar surface area (TPSA) is 62.0 Å². The molecule has 22 heavy (non-hydrogen) atoms. The normalized spacial score (nSPS) is 10.6. The van der Waals surface area contributed by atoms with Crippen molar-refractivity contribution in [2.45, 2.75) is 0 Å². The maximum absolute atomic E-state index is 12.5. The van der Waals surface area contributed by atoms with Crippen LogP contribution in [-0.4, -0.2) is 10.9 Å². The summed E-state index contributed by atoms with van der Waals surface area (Å²) in [4.78, 5) is 26.8. The highest BCUT2D eigenvalue weighted by atomic mass is 35.5. The van der Waals surface area contributed by atoms with Crippen LogP contribution in [-0.2, 0) is 0 Å². The van der Waals surface area contributed by atoms with E-state index in [1.807, 2.05) is 0 Å². The molecule has 0 bridgehead atoms. The molecule has 3 rings (SSSR count). The average molecular weight is 333 g/mol. The summed E-state index contributed by atoms with van der Waals surface area (Å²) in [6, 6.07) is 13.1. The number of aromatic amines is 1. The third-order valence-electron chi connectivity index (χ3n) is 3.12. The molecule has 0 aliphatic heterocycles. The molecule has 0 aliphatic rings. The maximum Gasteiger partial charge on any atom is 0.256 e. The van der Waals surface area contributed by atoms with E-state index < -0.39 is 5.91 Å². The Morgan fingerprint density at radius 3 is 2.41 bits per heavy atom. The molecule has 0 spiro atoms. The number of amides is 1. The van der Waals surface area contributed by atoms with Gasteiger partial charge >= 0.3 is 0 Å². The van der Waals surface area contributed by atoms with Gasteiger partial charge in [0, 0.05) is 32.7 Å². The molecule has 6 heteroatoms. The first kappa shape index (κ1) is 14.6. The molecule has 0 saturated carbocycles. The third kappa shape index (κ3) is 2.98. The summed E-state index contributed by atoms with van der Waals surface area (Å²) in [5, 5.41) is 4.19. The number of carbonyl (C=O) groups excluding carboxylic acids is 1. The van der Waals surface area contributed by atoms with E-state index in [9.17, 15) is 9.59 Å². The van der Waals surface area contributed by atoms with Gasteiger partial charge in [0.2, 0.25) is 5.56 Å². The van der Waals surface area contributed by atoms with E-state index in [0.717, 1.165) is 0 Å². The molecule has 0 fully saturated rings. The van der Waals surface area contributed by atoms with Gasteiger partial charge in [-0.3, -0.25) is 9.59 Å². The van der Waals surface area contributed by atoms with Crippen molar-refractivity contribution < 1.29 is 4.79 Å². The first-order valence-electron chi connectivity index (χ1n) is 6.42. The summed E-state index contributed by atoms with van der Waals surface area (Å²) in [6.45, 7) is 0. The van der Waals surface area contributed by atoms with Crippen molar-refractivity contribution in [2.24, 2.45) is 0 Å². The lowest BCUT2D eigenvalue weighted by atomic mass is 10.1. The number of para-hydroxylation sites is 1. The first-order chi connectivity index (χ1) is 10.5. The van der Waals surface area contributed by atoms with Crippen molar-refractivity contribution in [3.8, 4) is 0 Å². The minimum atomic E-state index is -0.402. The van der Waals surface area contributed by atoms with Crippen LogP contribution in [0.5, 0.6) is 0 Å². The van der Waals surface area contributed by atoms with Crippen molar-refractivity contribution in [1.82, 2.24) is 4.98 Å². The molecule has 0 radical (unpaired) electrons. The molecule has 0 aliphatic carbocycles. The van der Waals surface area contributed by atoms with Gasteiger partial charge in [-0.05, 0) is 24.3 Å². The maximum atomic E-state index is 12.5. The van der Waals surface area contributed by atoms with Crippen LogP contribution < -0.4 is 10.9 Å². The van der Waals surface area contributed by atoms with Crippen LogP contribution in [0.2, 0.25) is 10.0 Å². The number of hydrogen-bond donors (Lipinski definition) is 2. The van der Waals surface area contributed by atoms with Crippen molar-refractivity contribution in [2.75, 3.05) is 5.32 Å². The molecule has 4 nitrogen and oxygen atoms in total. The zero-order valence-corrected chi connectivity index (χ0v) is 12.7. The standard InChI is InChI=1S/C16H10Cl2N2O2/c17-9-5-10(18)7-11(6-9)19-16(22)13-8-15(21)20-14-4-2-1-3-12(13)14/h1-8H,(H,19,22)(H,20,21). The zero-order valence-electron chi connectivity index (χ0n) is 11.2. The predicted molar refractivity (Wildman–Crippen MR) is 89.0 cm³/mol. The lowest BCUT2D eigenvalue weighted by molar-refractivity contribution is 0.102. The number of halogens is 2. The molecule has 1 heterocycles. The van der Waals surface area contributed by atoms with Gasteiger partial charge in [-0.2, -0.15) is 0 Å². The largest absolute Gasteiger partial charge is 0.322 e. The lowest BCUT2D eigenvalue weighted by Gasteiger charge is -2.08. The zero-order chi connectivity index (χ0) is 15.7. The quantitative estimate of drug-likeness (QED) is 0.742. The Labute approximate surface area is 135 Å². The Kier molecular flexibility index (Phi) is 3.88. The van der Waals surface area contributed by atoms with Crippen molar-refractivity contribution in [1.29, 1.82) is 0 Å². The van der Waals surface area contributed by atoms with Crippen LogP contribution in [0.4, 0.5) is 5.69 Å². The Morgan fingerprint density at radius 1 is 1.00 bits per heavy atom. The summed E-state index contributed by atoms with van der Waals surface area (Å²) in [5.41, 5.74) is 1.01. The molecule has 110 valence electrons. The van der Waals surface area contributed by atoms with Gasteiger partial charge in [0.1, 0.15) is 0 Å². The van der Waals surface area contributed by atoms with Crippen LogP contribution in [0.1, 0.15) is 10.4 Å². The number of benzene rings is 2. The summed E-state index contributed by atoms with van der Waals surface area (Å²) in [6.07, 6.45) is 0. The fourth-order valence-corrected chi connectivity index (χ4v) is 2.74. The van der Waals surface area contributed by atoms with Gasteiger partial charge in [-0.1, -0.05) is 41.4 Å². The number of aromatic nitrogens is 1. The van der Waals surface area contributed by atoms with E-state index in [0.29, 0.717) is 26.6 Å². The molecule has 0 saturated heterocycles. The highest BCUT2D eigenvalue weighted by Crippen LogP contribution is 2.23. The number of rotatable bonds is 2. The second kappa shape index (κ2) is 5.83. The van der Waals surface area contributed by atoms with Crippen molar-refractivity contribution in [3.63, 3.8) is 0 Å². The van der Waals surface area contributed by atoms with Crippen molar-refractivity contribution in [3.05, 3.63) is 74.5 Å². The highest BCUT2D eigenvalue weighted by Gasteiger charge is 2.12. The fraction of sp³-hybridized carbons (Fsp3) is 0. The Hall–Kier alpha value is -2.30. The van der Waals surface area contributed by atoms with Crippen LogP contribution in [0.3, 0.4) is 0 Å². The number of H-pyrrole nitrogens is 1. The van der Waals surface area contributed by atoms with Gasteiger partial charge < -0.3 is 10.3 Å². The Balaban J connectivity index is 2.04. The van der Waals surface area contributed by atoms with Gasteiger partial charge in [0.25, 0.3) is 5.91 Å². The van der Waals surface area contributed by atoms with E-state index in [1.54, 1.807) is 42.5 Å². The Morgan fingerprint density at radius 2 is 1.68 bits per heavy atom. The molecule has 0 atom stereocenters. The SMILES string of the molecule is O=C(Nc1cc(Cl)cc(Cl)c1)c1cc(=O)[nH]c2ccccc12. The number of carbonyl (C=O) groups is 1. The number of nitrogens with one attached hydrogen (secondary N) is 2. The van der Waals surface area contributed by atoms with E-state index in [4.69, 9.17) is 23.2 Å². The summed E-state index contributed by atoms with van der Waals surface area (Å²) in [7, 11) is 0. The van der Waals surface area contributed by atoms with E-state index >= 15 is 0 Å². The van der Waals surface area contributed by atoms with E-state index in [2.05, 4.69) is 10.3 Å². The molecular weight excluding hydrogens is 323 g/mol. The average Bonchev–Trinajstić information content (AvgIpc) is 2.45. The number of hydrogen-bond acceptors (Lipinski definition) is 2. The number of fused-ring (bicyclic) bond motifs is 1. The van der Waals surface area contributed by atoms with Crippen molar-refractivity contribution >= 4 is 45.7 Å². The molecule has 3 aromatic rings. The van der Waals surface area contributed by atoms with E-state index in [1.165, 1.54) is 6.07 Å². The number of pyridine rings is 1. The molecular formula is C16H10Cl2N2O2. The summed E-state index contributed by atoms with van der Waals surface area (Å²) in [5.74, 6) is -0.402. The minimum Gasteiger partial charge on any atom is -0.322 e. The van der Waals surface area contributed by atoms with Crippen LogP contribution in [0.15, 0.2) is 53.3 Å². The predicted octanol–water partition coefficient (Wildman–Crippen LogP) is 4.09. The van der Waals surface area contributed by atoms with Gasteiger partial charge in [0.05, 0.1) is 5.56 Å². The summed E-state index contributed by atoms with van der Waals surface area (Å²) >= 11 is 11.8. The van der Waals surface area contributed by atoms with Crippen LogP contribution in [0.25, 0.3) is 10.9 Å². The van der Waals surface area contributed by atoms with Crippen LogP contribution >= 0.6 is 23.2 Å². The van der Waals surface area contributed by atoms with Crippen LogP contribution in [0, 0.1) is 0 Å². The molecule has 2 N–H and O–H groups in total. The smallest absolute Gasteiger partial charge is 0.256 e. The Bertz CT molecular complexity index is 915. The monoisotopic (exact) mass is 332 g/mol. The third-order valence-corrected chi connectivity index (χ3v) is 3.55. The molecule has 2 aromatic carbocycles. The van der Waals surface area contributed by atoms with Gasteiger partial charge in [0.15, 0.2) is 0 Å². The van der Waals surface area contributed by atoms with E-state index in [-0.39, 0.29) is 11.1 Å². The first-order valence-corrected chi connectivity index (χ1v) is 7.18. The molecule has 1 amide bonds. The number of anilines is 1. The summed E-state index contributed by atoms with van der Waals surface area (Å²) < 4.78 is 0. The second-order valence-corrected chi connectivity index (χ2v) is 5.58. The molecule has 1 aromatic heterocycles. The molecule has 0 unspecified atom stereocenters. The second-order valence-electron chi connectivity index (χ2n) is 4.71. The van der Waals surface area contributed by atoms with Gasteiger partial charge in [-0.15, -0.1) is 0 Å². The fourth-order valence-electron chi connectivity index (χ4n) is 2.22. The minimum absolute atomic E-state index is 0.287.